The molecule has 0 saturated heterocycles. The van der Waals surface area contributed by atoms with Crippen LogP contribution in [0.15, 0.2) is 53.1 Å². The van der Waals surface area contributed by atoms with E-state index < -0.39 is 11.9 Å². The lowest BCUT2D eigenvalue weighted by Gasteiger charge is -2.09. The third kappa shape index (κ3) is 2.20. The van der Waals surface area contributed by atoms with Gasteiger partial charge in [0, 0.05) is 16.2 Å². The standard InChI is InChI=1S/C14H8BrF3N2/c15-10-6-7-20-11(8-10)19-12(13(20)14(16,17)18)9-4-2-1-3-5-9/h1-8H. The second-order valence-electron chi connectivity index (χ2n) is 4.25. The highest BCUT2D eigenvalue weighted by atomic mass is 79.9. The molecule has 6 heteroatoms. The molecule has 0 spiro atoms. The number of aromatic nitrogens is 2. The number of hydrogen-bond donors (Lipinski definition) is 0. The number of rotatable bonds is 1. The first kappa shape index (κ1) is 13.2. The Morgan fingerprint density at radius 3 is 2.40 bits per heavy atom. The molecule has 2 heterocycles. The number of nitrogens with zero attached hydrogens (tertiary/aromatic N) is 2. The Hall–Kier alpha value is -1.82. The first-order chi connectivity index (χ1) is 9.47. The summed E-state index contributed by atoms with van der Waals surface area (Å²) < 4.78 is 41.7. The molecule has 20 heavy (non-hydrogen) atoms. The van der Waals surface area contributed by atoms with Gasteiger partial charge in [-0.05, 0) is 12.1 Å². The molecule has 0 amide bonds. The van der Waals surface area contributed by atoms with Gasteiger partial charge < -0.3 is 0 Å². The Bertz CT molecular complexity index is 763. The summed E-state index contributed by atoms with van der Waals surface area (Å²) in [4.78, 5) is 4.12. The fraction of sp³-hybridized carbons (Fsp3) is 0.0714. The second-order valence-corrected chi connectivity index (χ2v) is 5.16. The maximum absolute atomic E-state index is 13.3. The average Bonchev–Trinajstić information content (AvgIpc) is 2.78. The van der Waals surface area contributed by atoms with E-state index in [2.05, 4.69) is 20.9 Å². The van der Waals surface area contributed by atoms with Crippen molar-refractivity contribution in [2.75, 3.05) is 0 Å². The van der Waals surface area contributed by atoms with Gasteiger partial charge in [0.2, 0.25) is 0 Å². The third-order valence-electron chi connectivity index (χ3n) is 2.90. The van der Waals surface area contributed by atoms with E-state index >= 15 is 0 Å². The van der Waals surface area contributed by atoms with Gasteiger partial charge in [-0.3, -0.25) is 4.40 Å². The van der Waals surface area contributed by atoms with E-state index in [0.717, 1.165) is 4.40 Å². The second kappa shape index (κ2) is 4.63. The zero-order valence-electron chi connectivity index (χ0n) is 10.0. The van der Waals surface area contributed by atoms with Gasteiger partial charge in [-0.2, -0.15) is 13.2 Å². The summed E-state index contributed by atoms with van der Waals surface area (Å²) >= 11 is 3.24. The van der Waals surface area contributed by atoms with E-state index in [1.807, 2.05) is 0 Å². The molecule has 0 N–H and O–H groups in total. The lowest BCUT2D eigenvalue weighted by molar-refractivity contribution is -0.141. The van der Waals surface area contributed by atoms with Crippen molar-refractivity contribution in [1.82, 2.24) is 9.38 Å². The molecular formula is C14H8BrF3N2. The highest BCUT2D eigenvalue weighted by Crippen LogP contribution is 2.37. The SMILES string of the molecule is FC(F)(F)c1c(-c2ccccc2)nc2cc(Br)ccn12. The molecular weight excluding hydrogens is 333 g/mol. The van der Waals surface area contributed by atoms with Gasteiger partial charge in [0.05, 0.1) is 0 Å². The number of halogens is 4. The maximum atomic E-state index is 13.3. The molecule has 0 saturated carbocycles. The minimum Gasteiger partial charge on any atom is -0.295 e. The molecule has 0 radical (unpaired) electrons. The molecule has 0 fully saturated rings. The molecule has 1 aromatic carbocycles. The van der Waals surface area contributed by atoms with Crippen LogP contribution in [0.3, 0.4) is 0 Å². The summed E-state index contributed by atoms with van der Waals surface area (Å²) in [6.45, 7) is 0. The number of imidazole rings is 1. The van der Waals surface area contributed by atoms with Gasteiger partial charge in [-0.1, -0.05) is 46.3 Å². The van der Waals surface area contributed by atoms with Gasteiger partial charge in [-0.15, -0.1) is 0 Å². The first-order valence-corrected chi connectivity index (χ1v) is 6.56. The zero-order chi connectivity index (χ0) is 14.3. The van der Waals surface area contributed by atoms with Crippen LogP contribution < -0.4 is 0 Å². The number of hydrogen-bond acceptors (Lipinski definition) is 1. The molecule has 0 bridgehead atoms. The van der Waals surface area contributed by atoms with Crippen LogP contribution >= 0.6 is 15.9 Å². The van der Waals surface area contributed by atoms with Crippen LogP contribution in [0.2, 0.25) is 0 Å². The molecule has 102 valence electrons. The van der Waals surface area contributed by atoms with Crippen LogP contribution in [-0.2, 0) is 6.18 Å². The Morgan fingerprint density at radius 2 is 1.75 bits per heavy atom. The quantitative estimate of drug-likeness (QED) is 0.623. The Morgan fingerprint density at radius 1 is 1.05 bits per heavy atom. The van der Waals surface area contributed by atoms with Crippen LogP contribution in [-0.4, -0.2) is 9.38 Å². The van der Waals surface area contributed by atoms with Crippen LogP contribution in [0.1, 0.15) is 5.69 Å². The van der Waals surface area contributed by atoms with Crippen molar-refractivity contribution in [3.8, 4) is 11.3 Å². The Labute approximate surface area is 121 Å². The predicted octanol–water partition coefficient (Wildman–Crippen LogP) is 4.78. The van der Waals surface area contributed by atoms with Crippen LogP contribution in [0.5, 0.6) is 0 Å². The topological polar surface area (TPSA) is 17.3 Å². The van der Waals surface area contributed by atoms with E-state index in [4.69, 9.17) is 0 Å². The highest BCUT2D eigenvalue weighted by molar-refractivity contribution is 9.10. The van der Waals surface area contributed by atoms with Crippen LogP contribution in [0.4, 0.5) is 13.2 Å². The van der Waals surface area contributed by atoms with Crippen molar-refractivity contribution in [3.05, 3.63) is 58.8 Å². The summed E-state index contributed by atoms with van der Waals surface area (Å²) in [7, 11) is 0. The van der Waals surface area contributed by atoms with Crippen molar-refractivity contribution in [2.45, 2.75) is 6.18 Å². The van der Waals surface area contributed by atoms with Gasteiger partial charge in [0.25, 0.3) is 0 Å². The zero-order valence-corrected chi connectivity index (χ0v) is 11.6. The monoisotopic (exact) mass is 340 g/mol. The molecule has 0 atom stereocenters. The smallest absolute Gasteiger partial charge is 0.295 e. The summed E-state index contributed by atoms with van der Waals surface area (Å²) in [5.74, 6) is 0. The predicted molar refractivity (Wildman–Crippen MR) is 73.3 cm³/mol. The summed E-state index contributed by atoms with van der Waals surface area (Å²) in [5, 5.41) is 0. The number of pyridine rings is 1. The van der Waals surface area contributed by atoms with E-state index in [0.29, 0.717) is 10.0 Å². The normalized spacial score (nSPS) is 12.0. The van der Waals surface area contributed by atoms with E-state index in [-0.39, 0.29) is 11.3 Å². The number of alkyl halides is 3. The summed E-state index contributed by atoms with van der Waals surface area (Å²) in [6, 6.07) is 11.5. The van der Waals surface area contributed by atoms with Crippen LogP contribution in [0, 0.1) is 0 Å². The van der Waals surface area contributed by atoms with E-state index in [1.165, 1.54) is 6.20 Å². The highest BCUT2D eigenvalue weighted by Gasteiger charge is 2.38. The van der Waals surface area contributed by atoms with Crippen LogP contribution in [0.25, 0.3) is 16.9 Å². The summed E-state index contributed by atoms with van der Waals surface area (Å²) in [5.41, 5.74) is -0.118. The molecule has 2 nitrogen and oxygen atoms in total. The van der Waals surface area contributed by atoms with Crippen molar-refractivity contribution in [3.63, 3.8) is 0 Å². The van der Waals surface area contributed by atoms with Gasteiger partial charge in [0.15, 0.2) is 5.69 Å². The molecule has 0 unspecified atom stereocenters. The van der Waals surface area contributed by atoms with Crippen molar-refractivity contribution in [2.24, 2.45) is 0 Å². The number of fused-ring (bicyclic) bond motifs is 1. The molecule has 3 aromatic rings. The molecule has 0 aliphatic carbocycles. The molecule has 3 rings (SSSR count). The maximum Gasteiger partial charge on any atom is 0.433 e. The third-order valence-corrected chi connectivity index (χ3v) is 3.40. The minimum atomic E-state index is -4.47. The van der Waals surface area contributed by atoms with Crippen molar-refractivity contribution < 1.29 is 13.2 Å². The van der Waals surface area contributed by atoms with Gasteiger partial charge >= 0.3 is 6.18 Å². The molecule has 0 aliphatic rings. The minimum absolute atomic E-state index is 0.0591. The average molecular weight is 341 g/mol. The van der Waals surface area contributed by atoms with E-state index in [9.17, 15) is 13.2 Å². The Balaban J connectivity index is 2.36. The Kier molecular flexibility index (Phi) is 3.05. The van der Waals surface area contributed by atoms with Crippen molar-refractivity contribution >= 4 is 21.6 Å². The summed E-state index contributed by atoms with van der Waals surface area (Å²) in [6.07, 6.45) is -3.11. The lowest BCUT2D eigenvalue weighted by Crippen LogP contribution is -2.10. The largest absolute Gasteiger partial charge is 0.433 e. The molecule has 0 aliphatic heterocycles. The lowest BCUT2D eigenvalue weighted by atomic mass is 10.1. The first-order valence-electron chi connectivity index (χ1n) is 5.77. The fourth-order valence-electron chi connectivity index (χ4n) is 2.09. The van der Waals surface area contributed by atoms with Crippen molar-refractivity contribution in [1.29, 1.82) is 0 Å². The van der Waals surface area contributed by atoms with Gasteiger partial charge in [0.1, 0.15) is 11.3 Å². The van der Waals surface area contributed by atoms with E-state index in [1.54, 1.807) is 42.5 Å². The fourth-order valence-corrected chi connectivity index (χ4v) is 2.41. The molecule has 2 aromatic heterocycles. The van der Waals surface area contributed by atoms with Gasteiger partial charge in [-0.25, -0.2) is 4.98 Å². The number of benzene rings is 1.